The van der Waals surface area contributed by atoms with Gasteiger partial charge in [-0.1, -0.05) is 23.8 Å². The molecule has 3 aliphatic heterocycles. The zero-order valence-electron chi connectivity index (χ0n) is 16.1. The molecule has 0 aliphatic carbocycles. The summed E-state index contributed by atoms with van der Waals surface area (Å²) in [6.07, 6.45) is 0.930. The van der Waals surface area contributed by atoms with Gasteiger partial charge in [-0.05, 0) is 44.7 Å². The van der Waals surface area contributed by atoms with Gasteiger partial charge in [0, 0.05) is 11.4 Å². The lowest BCUT2D eigenvalue weighted by Gasteiger charge is -2.43. The maximum absolute atomic E-state index is 13.0. The smallest absolute Gasteiger partial charge is 0.327 e. The van der Waals surface area contributed by atoms with E-state index in [2.05, 4.69) is 5.32 Å². The highest BCUT2D eigenvalue weighted by molar-refractivity contribution is 8.01. The molecule has 0 radical (unpaired) electrons. The van der Waals surface area contributed by atoms with Crippen molar-refractivity contribution >= 4 is 29.5 Å². The number of β-lactam (4-membered cyclic amide) rings is 1. The molecule has 2 saturated heterocycles. The van der Waals surface area contributed by atoms with Crippen LogP contribution in [0.1, 0.15) is 43.1 Å². The molecule has 1 aromatic carbocycles. The number of rotatable bonds is 3. The maximum atomic E-state index is 13.0. The molecule has 0 saturated carbocycles. The van der Waals surface area contributed by atoms with Crippen LogP contribution in [0.15, 0.2) is 18.2 Å². The third kappa shape index (κ3) is 2.99. The number of thioether (sulfide) groups is 1. The number of nitrogens with zero attached hydrogens (tertiary/aromatic N) is 1. The number of carbonyl (C=O) groups is 3. The fourth-order valence-electron chi connectivity index (χ4n) is 4.33. The number of benzene rings is 1. The summed E-state index contributed by atoms with van der Waals surface area (Å²) in [4.78, 5) is 38.6. The van der Waals surface area contributed by atoms with E-state index in [0.717, 1.165) is 29.5 Å². The first-order valence-corrected chi connectivity index (χ1v) is 10.3. The second kappa shape index (κ2) is 6.77. The van der Waals surface area contributed by atoms with E-state index in [9.17, 15) is 19.5 Å². The SMILES string of the molecule is Cc1ccc2c(c1)[C@@H](C(=O)N[C@@H]1C(=O)N3[C@@H]1SC(C)(C)[C@H]3C(=O)O)OCCC2. The Morgan fingerprint density at radius 1 is 1.36 bits per heavy atom. The van der Waals surface area contributed by atoms with Gasteiger partial charge < -0.3 is 20.1 Å². The number of aryl methyl sites for hydroxylation is 2. The Balaban J connectivity index is 1.54. The first kappa shape index (κ1) is 19.3. The van der Waals surface area contributed by atoms with Crippen molar-refractivity contribution in [3.8, 4) is 0 Å². The van der Waals surface area contributed by atoms with E-state index in [1.54, 1.807) is 0 Å². The predicted octanol–water partition coefficient (Wildman–Crippen LogP) is 1.63. The largest absolute Gasteiger partial charge is 0.480 e. The summed E-state index contributed by atoms with van der Waals surface area (Å²) in [5.74, 6) is -1.71. The van der Waals surface area contributed by atoms with Crippen LogP contribution in [-0.2, 0) is 25.5 Å². The molecule has 7 nitrogen and oxygen atoms in total. The Hall–Kier alpha value is -2.06. The lowest BCUT2D eigenvalue weighted by Crippen LogP contribution is -2.71. The molecule has 2 amide bonds. The molecule has 8 heteroatoms. The number of nitrogens with one attached hydrogen (secondary N) is 1. The first-order valence-electron chi connectivity index (χ1n) is 9.45. The van der Waals surface area contributed by atoms with Crippen LogP contribution >= 0.6 is 11.8 Å². The first-order chi connectivity index (χ1) is 13.2. The van der Waals surface area contributed by atoms with Crippen molar-refractivity contribution in [1.29, 1.82) is 0 Å². The third-order valence-electron chi connectivity index (χ3n) is 5.67. The Bertz CT molecular complexity index is 855. The molecule has 2 fully saturated rings. The van der Waals surface area contributed by atoms with E-state index in [-0.39, 0.29) is 17.2 Å². The number of aliphatic carboxylic acids is 1. The average molecular weight is 404 g/mol. The molecule has 2 N–H and O–H groups in total. The number of hydrogen-bond acceptors (Lipinski definition) is 5. The highest BCUT2D eigenvalue weighted by Crippen LogP contribution is 2.50. The van der Waals surface area contributed by atoms with Crippen LogP contribution in [0.4, 0.5) is 0 Å². The van der Waals surface area contributed by atoms with Crippen LogP contribution < -0.4 is 5.32 Å². The number of ether oxygens (including phenoxy) is 1. The lowest BCUT2D eigenvalue weighted by atomic mass is 9.95. The van der Waals surface area contributed by atoms with Gasteiger partial charge in [0.25, 0.3) is 5.91 Å². The van der Waals surface area contributed by atoms with Gasteiger partial charge in [-0.3, -0.25) is 9.59 Å². The van der Waals surface area contributed by atoms with Crippen LogP contribution in [0.3, 0.4) is 0 Å². The Labute approximate surface area is 167 Å². The zero-order valence-corrected chi connectivity index (χ0v) is 16.9. The number of carboxylic acid groups (broad SMARTS) is 1. The third-order valence-corrected chi connectivity index (χ3v) is 7.24. The molecule has 0 aromatic heterocycles. The highest BCUT2D eigenvalue weighted by atomic mass is 32.2. The van der Waals surface area contributed by atoms with Crippen molar-refractivity contribution in [3.05, 3.63) is 34.9 Å². The minimum atomic E-state index is -1.02. The summed E-state index contributed by atoms with van der Waals surface area (Å²) in [6, 6.07) is 4.41. The minimum Gasteiger partial charge on any atom is -0.480 e. The average Bonchev–Trinajstić information content (AvgIpc) is 2.75. The predicted molar refractivity (Wildman–Crippen MR) is 104 cm³/mol. The molecule has 3 aliphatic rings. The van der Waals surface area contributed by atoms with Gasteiger partial charge >= 0.3 is 5.97 Å². The van der Waals surface area contributed by atoms with Crippen molar-refractivity contribution in [3.63, 3.8) is 0 Å². The number of hydrogen-bond donors (Lipinski definition) is 2. The Morgan fingerprint density at radius 2 is 2.11 bits per heavy atom. The summed E-state index contributed by atoms with van der Waals surface area (Å²) >= 11 is 1.42. The monoisotopic (exact) mass is 404 g/mol. The van der Waals surface area contributed by atoms with Crippen molar-refractivity contribution in [1.82, 2.24) is 10.2 Å². The van der Waals surface area contributed by atoms with Crippen molar-refractivity contribution in [2.75, 3.05) is 6.61 Å². The van der Waals surface area contributed by atoms with E-state index < -0.39 is 28.9 Å². The highest BCUT2D eigenvalue weighted by Gasteiger charge is 2.64. The van der Waals surface area contributed by atoms with E-state index in [1.165, 1.54) is 16.7 Å². The van der Waals surface area contributed by atoms with Crippen molar-refractivity contribution in [2.24, 2.45) is 0 Å². The van der Waals surface area contributed by atoms with E-state index in [0.29, 0.717) is 6.61 Å². The van der Waals surface area contributed by atoms with Gasteiger partial charge in [0.2, 0.25) is 5.91 Å². The normalized spacial score (nSPS) is 30.7. The summed E-state index contributed by atoms with van der Waals surface area (Å²) in [6.45, 7) is 6.07. The minimum absolute atomic E-state index is 0.344. The van der Waals surface area contributed by atoms with Crippen molar-refractivity contribution in [2.45, 2.75) is 61.9 Å². The van der Waals surface area contributed by atoms with Gasteiger partial charge in [0.15, 0.2) is 6.10 Å². The molecule has 4 atom stereocenters. The number of carbonyl (C=O) groups excluding carboxylic acids is 2. The van der Waals surface area contributed by atoms with E-state index in [4.69, 9.17) is 4.74 Å². The number of fused-ring (bicyclic) bond motifs is 2. The number of amides is 2. The summed E-state index contributed by atoms with van der Waals surface area (Å²) in [5, 5.41) is 12.0. The van der Waals surface area contributed by atoms with Gasteiger partial charge in [-0.2, -0.15) is 0 Å². The number of carboxylic acids is 1. The Kier molecular flexibility index (Phi) is 4.66. The maximum Gasteiger partial charge on any atom is 0.327 e. The molecule has 28 heavy (non-hydrogen) atoms. The topological polar surface area (TPSA) is 95.9 Å². The van der Waals surface area contributed by atoms with Gasteiger partial charge in [0.1, 0.15) is 17.5 Å². The second-order valence-corrected chi connectivity index (χ2v) is 9.91. The lowest BCUT2D eigenvalue weighted by molar-refractivity contribution is -0.161. The second-order valence-electron chi connectivity index (χ2n) is 8.14. The van der Waals surface area contributed by atoms with Crippen LogP contribution in [0.2, 0.25) is 0 Å². The molecule has 1 aromatic rings. The molecule has 150 valence electrons. The van der Waals surface area contributed by atoms with E-state index in [1.807, 2.05) is 39.0 Å². The molecule has 0 unspecified atom stereocenters. The van der Waals surface area contributed by atoms with Gasteiger partial charge in [0.05, 0.1) is 0 Å². The zero-order chi connectivity index (χ0) is 20.2. The van der Waals surface area contributed by atoms with Crippen LogP contribution in [0.25, 0.3) is 0 Å². The molecule has 0 bridgehead atoms. The molecular formula is C20H24N2O5S. The van der Waals surface area contributed by atoms with Gasteiger partial charge in [-0.15, -0.1) is 11.8 Å². The fourth-order valence-corrected chi connectivity index (χ4v) is 5.96. The summed E-state index contributed by atoms with van der Waals surface area (Å²) in [7, 11) is 0. The van der Waals surface area contributed by atoms with Gasteiger partial charge in [-0.25, -0.2) is 4.79 Å². The van der Waals surface area contributed by atoms with Crippen LogP contribution in [0, 0.1) is 6.92 Å². The summed E-state index contributed by atoms with van der Waals surface area (Å²) in [5.41, 5.74) is 2.99. The summed E-state index contributed by atoms with van der Waals surface area (Å²) < 4.78 is 5.21. The molecule has 4 rings (SSSR count). The van der Waals surface area contributed by atoms with Crippen LogP contribution in [-0.4, -0.2) is 56.6 Å². The molecule has 0 spiro atoms. The quantitative estimate of drug-likeness (QED) is 0.744. The fraction of sp³-hybridized carbons (Fsp3) is 0.550. The Morgan fingerprint density at radius 3 is 2.82 bits per heavy atom. The molecule has 3 heterocycles. The molecular weight excluding hydrogens is 380 g/mol. The van der Waals surface area contributed by atoms with Crippen molar-refractivity contribution < 1.29 is 24.2 Å². The standard InChI is InChI=1S/C20H24N2O5S/c1-10-6-7-11-5-4-8-27-14(12(11)9-10)16(23)21-13-17(24)22-15(19(25)26)20(2,3)28-18(13)22/h6-7,9,13-15,18H,4-5,8H2,1-3H3,(H,21,23)(H,25,26)/t13-,14+,15-,18-/m1/s1. The van der Waals surface area contributed by atoms with E-state index >= 15 is 0 Å². The van der Waals surface area contributed by atoms with Crippen LogP contribution in [0.5, 0.6) is 0 Å².